The first-order valence-corrected chi connectivity index (χ1v) is 8.25. The lowest BCUT2D eigenvalue weighted by molar-refractivity contribution is 0.285. The van der Waals surface area contributed by atoms with Crippen LogP contribution in [0, 0.1) is 29.6 Å². The first-order valence-electron chi connectivity index (χ1n) is 8.25. The number of rotatable bonds is 1. The molecule has 4 atom stereocenters. The molecule has 0 heteroatoms. The van der Waals surface area contributed by atoms with Gasteiger partial charge in [-0.2, -0.15) is 0 Å². The van der Waals surface area contributed by atoms with Gasteiger partial charge in [0.25, 0.3) is 0 Å². The van der Waals surface area contributed by atoms with Gasteiger partial charge in [0.05, 0.1) is 0 Å². The normalized spacial score (nSPS) is 35.8. The van der Waals surface area contributed by atoms with E-state index in [1.807, 2.05) is 0 Å². The molecule has 4 unspecified atom stereocenters. The van der Waals surface area contributed by atoms with Crippen molar-refractivity contribution in [1.29, 1.82) is 0 Å². The minimum absolute atomic E-state index is 0.915. The second-order valence-corrected chi connectivity index (χ2v) is 7.12. The average Bonchev–Trinajstić information content (AvgIpc) is 3.19. The number of benzene rings is 2. The first kappa shape index (κ1) is 11.4. The molecule has 0 nitrogen and oxygen atoms in total. The van der Waals surface area contributed by atoms with Crippen LogP contribution >= 0.6 is 0 Å². The van der Waals surface area contributed by atoms with Gasteiger partial charge in [0, 0.05) is 5.92 Å². The van der Waals surface area contributed by atoms with Gasteiger partial charge in [0.15, 0.2) is 0 Å². The Bertz CT molecular complexity index is 651. The van der Waals surface area contributed by atoms with Crippen LogP contribution in [-0.4, -0.2) is 0 Å². The predicted octanol–water partition coefficient (Wildman–Crippen LogP) is 5.22. The van der Waals surface area contributed by atoms with Crippen molar-refractivity contribution in [2.45, 2.75) is 32.1 Å². The van der Waals surface area contributed by atoms with Crippen LogP contribution in [0.4, 0.5) is 0 Å². The summed E-state index contributed by atoms with van der Waals surface area (Å²) in [5.74, 6) is 5.84. The molecule has 3 fully saturated rings. The Morgan fingerprint density at radius 1 is 0.850 bits per heavy atom. The van der Waals surface area contributed by atoms with Crippen LogP contribution in [0.25, 0.3) is 10.8 Å². The highest BCUT2D eigenvalue weighted by atomic mass is 14.6. The van der Waals surface area contributed by atoms with Crippen molar-refractivity contribution < 1.29 is 0 Å². The van der Waals surface area contributed by atoms with E-state index in [9.17, 15) is 0 Å². The molecule has 3 aliphatic rings. The number of hydrogen-bond donors (Lipinski definition) is 0. The van der Waals surface area contributed by atoms with E-state index in [0.717, 1.165) is 23.7 Å². The fraction of sp³-hybridized carbons (Fsp3) is 0.450. The second kappa shape index (κ2) is 4.10. The Balaban J connectivity index is 1.60. The SMILES string of the molecule is c1ccc2c([C]3CC4CC3C3CCCC43)cccc2c1. The third kappa shape index (κ3) is 1.43. The van der Waals surface area contributed by atoms with Crippen LogP contribution < -0.4 is 0 Å². The van der Waals surface area contributed by atoms with Crippen LogP contribution in [0.15, 0.2) is 42.5 Å². The second-order valence-electron chi connectivity index (χ2n) is 7.12. The molecule has 0 heterocycles. The highest BCUT2D eigenvalue weighted by Crippen LogP contribution is 2.63. The highest BCUT2D eigenvalue weighted by Gasteiger charge is 2.54. The summed E-state index contributed by atoms with van der Waals surface area (Å²) in [5.41, 5.74) is 1.57. The molecule has 5 rings (SSSR count). The number of fused-ring (bicyclic) bond motifs is 6. The zero-order valence-electron chi connectivity index (χ0n) is 11.9. The quantitative estimate of drug-likeness (QED) is 0.660. The minimum Gasteiger partial charge on any atom is -0.0616 e. The van der Waals surface area contributed by atoms with Crippen molar-refractivity contribution in [3.63, 3.8) is 0 Å². The Hall–Kier alpha value is -1.30. The van der Waals surface area contributed by atoms with Crippen molar-refractivity contribution in [3.8, 4) is 0 Å². The topological polar surface area (TPSA) is 0 Å². The third-order valence-corrected chi connectivity index (χ3v) is 6.37. The molecule has 0 amide bonds. The summed E-state index contributed by atoms with van der Waals surface area (Å²) in [6.07, 6.45) is 7.40. The van der Waals surface area contributed by atoms with Crippen LogP contribution in [-0.2, 0) is 0 Å². The molecule has 0 aliphatic heterocycles. The van der Waals surface area contributed by atoms with Gasteiger partial charge >= 0.3 is 0 Å². The van der Waals surface area contributed by atoms with Gasteiger partial charge in [0.2, 0.25) is 0 Å². The van der Waals surface area contributed by atoms with Gasteiger partial charge in [-0.05, 0) is 65.7 Å². The monoisotopic (exact) mass is 261 g/mol. The van der Waals surface area contributed by atoms with Gasteiger partial charge in [-0.15, -0.1) is 0 Å². The van der Waals surface area contributed by atoms with E-state index in [4.69, 9.17) is 0 Å². The fourth-order valence-electron chi connectivity index (χ4n) is 5.66. The molecule has 1 radical (unpaired) electrons. The predicted molar refractivity (Wildman–Crippen MR) is 83.3 cm³/mol. The molecular weight excluding hydrogens is 240 g/mol. The Labute approximate surface area is 121 Å². The van der Waals surface area contributed by atoms with E-state index in [-0.39, 0.29) is 0 Å². The van der Waals surface area contributed by atoms with E-state index in [2.05, 4.69) is 42.5 Å². The van der Waals surface area contributed by atoms with E-state index in [1.165, 1.54) is 42.9 Å². The zero-order chi connectivity index (χ0) is 13.1. The van der Waals surface area contributed by atoms with Crippen LogP contribution in [0.2, 0.25) is 0 Å². The van der Waals surface area contributed by atoms with Gasteiger partial charge in [0.1, 0.15) is 0 Å². The maximum atomic E-state index is 2.38. The fourth-order valence-corrected chi connectivity index (χ4v) is 5.66. The van der Waals surface area contributed by atoms with E-state index in [0.29, 0.717) is 0 Å². The molecule has 20 heavy (non-hydrogen) atoms. The van der Waals surface area contributed by atoms with Crippen LogP contribution in [0.1, 0.15) is 37.7 Å². The lowest BCUT2D eigenvalue weighted by atomic mass is 9.72. The molecule has 0 spiro atoms. The summed E-state index contributed by atoms with van der Waals surface area (Å²) in [6, 6.07) is 15.8. The molecule has 2 aromatic carbocycles. The lowest BCUT2D eigenvalue weighted by Crippen LogP contribution is -2.23. The maximum Gasteiger partial charge on any atom is 0.00928 e. The molecule has 3 aliphatic carbocycles. The van der Waals surface area contributed by atoms with Crippen molar-refractivity contribution in [1.82, 2.24) is 0 Å². The standard InChI is InChI=1S/C20H21/c1-2-7-15-13(5-1)6-3-9-17(15)19-11-14-12-20(19)18-10-4-8-16(14)18/h1-3,5-7,9,14,16,18,20H,4,8,10-12H2. The van der Waals surface area contributed by atoms with E-state index >= 15 is 0 Å². The molecule has 2 bridgehead atoms. The van der Waals surface area contributed by atoms with Crippen molar-refractivity contribution in [2.24, 2.45) is 23.7 Å². The molecular formula is C20H21. The van der Waals surface area contributed by atoms with E-state index in [1.54, 1.807) is 11.5 Å². The average molecular weight is 261 g/mol. The van der Waals surface area contributed by atoms with Crippen LogP contribution in [0.5, 0.6) is 0 Å². The Kier molecular flexibility index (Phi) is 2.33. The molecule has 2 aromatic rings. The highest BCUT2D eigenvalue weighted by molar-refractivity contribution is 5.87. The first-order chi connectivity index (χ1) is 9.92. The number of hydrogen-bond acceptors (Lipinski definition) is 0. The summed E-state index contributed by atoms with van der Waals surface area (Å²) in [6.45, 7) is 0. The summed E-state index contributed by atoms with van der Waals surface area (Å²) in [7, 11) is 0. The Morgan fingerprint density at radius 2 is 1.70 bits per heavy atom. The Morgan fingerprint density at radius 3 is 2.70 bits per heavy atom. The van der Waals surface area contributed by atoms with Gasteiger partial charge < -0.3 is 0 Å². The van der Waals surface area contributed by atoms with Crippen molar-refractivity contribution in [2.75, 3.05) is 0 Å². The summed E-state index contributed by atoms with van der Waals surface area (Å²) in [4.78, 5) is 0. The maximum absolute atomic E-state index is 2.38. The largest absolute Gasteiger partial charge is 0.0616 e. The van der Waals surface area contributed by atoms with Gasteiger partial charge in [-0.3, -0.25) is 0 Å². The van der Waals surface area contributed by atoms with Gasteiger partial charge in [-0.1, -0.05) is 48.9 Å². The smallest absolute Gasteiger partial charge is 0.00928 e. The minimum atomic E-state index is 0.915. The summed E-state index contributed by atoms with van der Waals surface area (Å²) in [5, 5.41) is 2.88. The van der Waals surface area contributed by atoms with Crippen molar-refractivity contribution in [3.05, 3.63) is 53.9 Å². The molecule has 0 aromatic heterocycles. The summed E-state index contributed by atoms with van der Waals surface area (Å²) < 4.78 is 0. The molecule has 101 valence electrons. The van der Waals surface area contributed by atoms with Crippen LogP contribution in [0.3, 0.4) is 0 Å². The third-order valence-electron chi connectivity index (χ3n) is 6.37. The van der Waals surface area contributed by atoms with E-state index < -0.39 is 0 Å². The molecule has 0 N–H and O–H groups in total. The lowest BCUT2D eigenvalue weighted by Gasteiger charge is -2.32. The van der Waals surface area contributed by atoms with Crippen molar-refractivity contribution >= 4 is 10.8 Å². The summed E-state index contributed by atoms with van der Waals surface area (Å²) >= 11 is 0. The molecule has 0 saturated heterocycles. The van der Waals surface area contributed by atoms with Gasteiger partial charge in [-0.25, -0.2) is 0 Å². The zero-order valence-corrected chi connectivity index (χ0v) is 11.9. The molecule has 3 saturated carbocycles.